The van der Waals surface area contributed by atoms with E-state index in [1.54, 1.807) is 4.90 Å². The van der Waals surface area contributed by atoms with Crippen LogP contribution in [0.3, 0.4) is 0 Å². The first-order chi connectivity index (χ1) is 8.61. The summed E-state index contributed by atoms with van der Waals surface area (Å²) < 4.78 is 5.26. The van der Waals surface area contributed by atoms with Gasteiger partial charge in [-0.15, -0.1) is 0 Å². The fourth-order valence-corrected chi connectivity index (χ4v) is 3.09. The number of carbonyl (C=O) groups is 1. The van der Waals surface area contributed by atoms with Crippen molar-refractivity contribution >= 4 is 5.91 Å². The summed E-state index contributed by atoms with van der Waals surface area (Å²) in [5.74, 6) is 0.404. The third-order valence-corrected chi connectivity index (χ3v) is 4.29. The summed E-state index contributed by atoms with van der Waals surface area (Å²) in [4.78, 5) is 14.0. The molecule has 2 rings (SSSR count). The number of hydrogen-bond acceptors (Lipinski definition) is 3. The number of carbonyl (C=O) groups excluding carboxylic acids is 1. The molecule has 1 saturated carbocycles. The van der Waals surface area contributed by atoms with Gasteiger partial charge in [0, 0.05) is 45.6 Å². The molecular weight excluding hydrogens is 230 g/mol. The highest BCUT2D eigenvalue weighted by Gasteiger charge is 2.34. The number of likely N-dealkylation sites (N-methyl/N-ethyl adjacent to an activating group) is 1. The molecule has 1 amide bonds. The van der Waals surface area contributed by atoms with Crippen molar-refractivity contribution in [2.24, 2.45) is 5.92 Å². The predicted octanol–water partition coefficient (Wildman–Crippen LogP) is 1.57. The van der Waals surface area contributed by atoms with Gasteiger partial charge >= 0.3 is 0 Å². The normalized spacial score (nSPS) is 24.8. The van der Waals surface area contributed by atoms with Crippen LogP contribution in [0.15, 0.2) is 0 Å². The van der Waals surface area contributed by atoms with Gasteiger partial charge in [0.15, 0.2) is 0 Å². The van der Waals surface area contributed by atoms with E-state index in [2.05, 4.69) is 0 Å². The van der Waals surface area contributed by atoms with Gasteiger partial charge in [-0.05, 0) is 12.8 Å². The Hall–Kier alpha value is -0.610. The van der Waals surface area contributed by atoms with Gasteiger partial charge in [0.1, 0.15) is 0 Å². The zero-order chi connectivity index (χ0) is 13.0. The van der Waals surface area contributed by atoms with E-state index in [1.165, 1.54) is 19.3 Å². The molecule has 0 unspecified atom stereocenters. The number of aliphatic hydroxyl groups is 1. The Kier molecular flexibility index (Phi) is 4.62. The maximum atomic E-state index is 12.3. The van der Waals surface area contributed by atoms with Gasteiger partial charge in [-0.2, -0.15) is 0 Å². The number of amides is 1. The third-order valence-electron chi connectivity index (χ3n) is 4.29. The minimum atomic E-state index is -0.739. The summed E-state index contributed by atoms with van der Waals surface area (Å²) in [6, 6.07) is 0. The maximum Gasteiger partial charge on any atom is 0.225 e. The van der Waals surface area contributed by atoms with Crippen LogP contribution in [-0.2, 0) is 9.53 Å². The summed E-state index contributed by atoms with van der Waals surface area (Å²) in [6.07, 6.45) is 6.90. The molecule has 0 aromatic heterocycles. The van der Waals surface area contributed by atoms with Gasteiger partial charge in [0.25, 0.3) is 0 Å². The van der Waals surface area contributed by atoms with Crippen LogP contribution in [0.4, 0.5) is 0 Å². The lowest BCUT2D eigenvalue weighted by atomic mass is 9.87. The fraction of sp³-hybridized carbons (Fsp3) is 0.929. The van der Waals surface area contributed by atoms with Crippen molar-refractivity contribution in [3.63, 3.8) is 0 Å². The topological polar surface area (TPSA) is 49.8 Å². The zero-order valence-corrected chi connectivity index (χ0v) is 11.4. The van der Waals surface area contributed by atoms with Gasteiger partial charge in [0.2, 0.25) is 5.91 Å². The van der Waals surface area contributed by atoms with Crippen LogP contribution < -0.4 is 0 Å². The summed E-state index contributed by atoms with van der Waals surface area (Å²) in [7, 11) is 1.82. The molecule has 4 nitrogen and oxygen atoms in total. The fourth-order valence-electron chi connectivity index (χ4n) is 3.09. The van der Waals surface area contributed by atoms with E-state index < -0.39 is 5.60 Å². The minimum Gasteiger partial charge on any atom is -0.388 e. The van der Waals surface area contributed by atoms with Crippen molar-refractivity contribution < 1.29 is 14.6 Å². The van der Waals surface area contributed by atoms with E-state index in [9.17, 15) is 9.90 Å². The molecule has 1 aliphatic heterocycles. The highest BCUT2D eigenvalue weighted by atomic mass is 16.5. The number of ether oxygens (including phenoxy) is 1. The number of nitrogens with zero attached hydrogens (tertiary/aromatic N) is 1. The molecule has 4 heteroatoms. The summed E-state index contributed by atoms with van der Waals surface area (Å²) in [5.41, 5.74) is -0.739. The molecule has 1 saturated heterocycles. The lowest BCUT2D eigenvalue weighted by Gasteiger charge is -2.36. The molecule has 2 fully saturated rings. The molecule has 0 spiro atoms. The summed E-state index contributed by atoms with van der Waals surface area (Å²) in [6.45, 7) is 1.65. The monoisotopic (exact) mass is 255 g/mol. The van der Waals surface area contributed by atoms with Crippen molar-refractivity contribution in [2.45, 2.75) is 50.5 Å². The Morgan fingerprint density at radius 1 is 1.28 bits per heavy atom. The van der Waals surface area contributed by atoms with Crippen molar-refractivity contribution in [3.05, 3.63) is 0 Å². The smallest absolute Gasteiger partial charge is 0.225 e. The van der Waals surface area contributed by atoms with Gasteiger partial charge in [-0.1, -0.05) is 19.3 Å². The molecule has 0 radical (unpaired) electrons. The molecular formula is C14H25NO3. The third kappa shape index (κ3) is 3.45. The Labute approximate surface area is 109 Å². The van der Waals surface area contributed by atoms with Crippen molar-refractivity contribution in [3.8, 4) is 0 Å². The van der Waals surface area contributed by atoms with Gasteiger partial charge in [0.05, 0.1) is 5.60 Å². The van der Waals surface area contributed by atoms with Crippen LogP contribution in [0, 0.1) is 5.92 Å². The van der Waals surface area contributed by atoms with Crippen LogP contribution >= 0.6 is 0 Å². The minimum absolute atomic E-state index is 0.187. The second kappa shape index (κ2) is 6.02. The van der Waals surface area contributed by atoms with E-state index in [-0.39, 0.29) is 11.8 Å². The van der Waals surface area contributed by atoms with Crippen molar-refractivity contribution in [1.29, 1.82) is 0 Å². The first kappa shape index (κ1) is 13.8. The van der Waals surface area contributed by atoms with Gasteiger partial charge < -0.3 is 14.7 Å². The SMILES string of the molecule is CN(CC1(O)CCOCC1)C(=O)C1CCCCC1. The highest BCUT2D eigenvalue weighted by Crippen LogP contribution is 2.27. The molecule has 104 valence electrons. The molecule has 18 heavy (non-hydrogen) atoms. The Bertz CT molecular complexity index is 281. The molecule has 0 bridgehead atoms. The highest BCUT2D eigenvalue weighted by molar-refractivity contribution is 5.78. The van der Waals surface area contributed by atoms with E-state index in [0.717, 1.165) is 12.8 Å². The molecule has 0 atom stereocenters. The number of hydrogen-bond donors (Lipinski definition) is 1. The first-order valence-corrected chi connectivity index (χ1v) is 7.16. The second-order valence-electron chi connectivity index (χ2n) is 5.87. The Balaban J connectivity index is 1.85. The summed E-state index contributed by atoms with van der Waals surface area (Å²) >= 11 is 0. The Morgan fingerprint density at radius 3 is 2.50 bits per heavy atom. The lowest BCUT2D eigenvalue weighted by molar-refractivity contribution is -0.141. The zero-order valence-electron chi connectivity index (χ0n) is 11.4. The van der Waals surface area contributed by atoms with Crippen LogP contribution in [-0.4, -0.2) is 48.3 Å². The molecule has 1 N–H and O–H groups in total. The second-order valence-corrected chi connectivity index (χ2v) is 5.87. The number of rotatable bonds is 3. The average molecular weight is 255 g/mol. The Morgan fingerprint density at radius 2 is 1.89 bits per heavy atom. The molecule has 2 aliphatic rings. The standard InChI is InChI=1S/C14H25NO3/c1-15(11-14(17)7-9-18-10-8-14)13(16)12-5-3-2-4-6-12/h12,17H,2-11H2,1H3. The van der Waals surface area contributed by atoms with Crippen LogP contribution in [0.5, 0.6) is 0 Å². The van der Waals surface area contributed by atoms with Crippen LogP contribution in [0.25, 0.3) is 0 Å². The van der Waals surface area contributed by atoms with E-state index in [0.29, 0.717) is 32.6 Å². The molecule has 0 aromatic rings. The average Bonchev–Trinajstić information content (AvgIpc) is 2.39. The molecule has 0 aromatic carbocycles. The maximum absolute atomic E-state index is 12.3. The van der Waals surface area contributed by atoms with E-state index >= 15 is 0 Å². The molecule has 1 heterocycles. The first-order valence-electron chi connectivity index (χ1n) is 7.16. The van der Waals surface area contributed by atoms with E-state index in [1.807, 2.05) is 7.05 Å². The van der Waals surface area contributed by atoms with Crippen LogP contribution in [0.1, 0.15) is 44.9 Å². The largest absolute Gasteiger partial charge is 0.388 e. The quantitative estimate of drug-likeness (QED) is 0.832. The molecule has 1 aliphatic carbocycles. The van der Waals surface area contributed by atoms with E-state index in [4.69, 9.17) is 4.74 Å². The van der Waals surface area contributed by atoms with Gasteiger partial charge in [-0.3, -0.25) is 4.79 Å². The predicted molar refractivity (Wildman–Crippen MR) is 69.2 cm³/mol. The van der Waals surface area contributed by atoms with Crippen molar-refractivity contribution in [1.82, 2.24) is 4.90 Å². The van der Waals surface area contributed by atoms with Crippen LogP contribution in [0.2, 0.25) is 0 Å². The summed E-state index contributed by atoms with van der Waals surface area (Å²) in [5, 5.41) is 10.4. The van der Waals surface area contributed by atoms with Gasteiger partial charge in [-0.25, -0.2) is 0 Å². The lowest BCUT2D eigenvalue weighted by Crippen LogP contribution is -2.48. The van der Waals surface area contributed by atoms with Crippen molar-refractivity contribution in [2.75, 3.05) is 26.8 Å².